The fourth-order valence-corrected chi connectivity index (χ4v) is 4.61. The summed E-state index contributed by atoms with van der Waals surface area (Å²) in [6.45, 7) is 3.04. The van der Waals surface area contributed by atoms with Crippen molar-refractivity contribution in [1.82, 2.24) is 24.5 Å². The van der Waals surface area contributed by atoms with Gasteiger partial charge in [-0.25, -0.2) is 9.66 Å². The first kappa shape index (κ1) is 22.0. The molecular formula is C21H25Cl2N9O. The quantitative estimate of drug-likeness (QED) is 0.492. The van der Waals surface area contributed by atoms with Crippen LogP contribution in [0.15, 0.2) is 23.0 Å². The number of rotatable bonds is 5. The zero-order chi connectivity index (χ0) is 23.3. The minimum Gasteiger partial charge on any atom is -0.382 e. The van der Waals surface area contributed by atoms with Gasteiger partial charge in [-0.2, -0.15) is 9.97 Å². The van der Waals surface area contributed by atoms with Crippen LogP contribution in [-0.4, -0.2) is 57.8 Å². The third-order valence-corrected chi connectivity index (χ3v) is 6.86. The number of piperazine rings is 1. The molecule has 2 aliphatic rings. The predicted octanol–water partition coefficient (Wildman–Crippen LogP) is 2.10. The van der Waals surface area contributed by atoms with E-state index in [2.05, 4.69) is 27.2 Å². The molecule has 5 rings (SSSR count). The van der Waals surface area contributed by atoms with Gasteiger partial charge >= 0.3 is 0 Å². The van der Waals surface area contributed by atoms with Crippen LogP contribution in [-0.2, 0) is 0 Å². The van der Waals surface area contributed by atoms with Gasteiger partial charge in [-0.1, -0.05) is 29.3 Å². The molecule has 0 radical (unpaired) electrons. The molecule has 3 heterocycles. The highest BCUT2D eigenvalue weighted by Crippen LogP contribution is 2.43. The first-order valence-electron chi connectivity index (χ1n) is 10.8. The van der Waals surface area contributed by atoms with Gasteiger partial charge in [-0.15, -0.1) is 0 Å². The molecule has 5 N–H and O–H groups in total. The SMILES string of the molecule is CN1CCN(n2c(C(Nc3nc(N)nc(N)c3Cl)C3CC3)nc3cccc(Cl)c3c2=O)CC1. The van der Waals surface area contributed by atoms with Gasteiger partial charge in [-0.3, -0.25) is 4.79 Å². The maximum Gasteiger partial charge on any atom is 0.281 e. The highest BCUT2D eigenvalue weighted by molar-refractivity contribution is 6.35. The Morgan fingerprint density at radius 2 is 1.82 bits per heavy atom. The zero-order valence-corrected chi connectivity index (χ0v) is 19.6. The van der Waals surface area contributed by atoms with E-state index in [1.165, 1.54) is 0 Å². The van der Waals surface area contributed by atoms with Gasteiger partial charge in [0.1, 0.15) is 10.8 Å². The second kappa shape index (κ2) is 8.51. The molecule has 1 aliphatic heterocycles. The predicted molar refractivity (Wildman–Crippen MR) is 131 cm³/mol. The summed E-state index contributed by atoms with van der Waals surface area (Å²) in [4.78, 5) is 29.1. The molecule has 0 bridgehead atoms. The van der Waals surface area contributed by atoms with Crippen LogP contribution >= 0.6 is 23.2 Å². The van der Waals surface area contributed by atoms with Crippen LogP contribution < -0.4 is 27.4 Å². The number of fused-ring (bicyclic) bond motifs is 1. The lowest BCUT2D eigenvalue weighted by Crippen LogP contribution is -2.54. The lowest BCUT2D eigenvalue weighted by Gasteiger charge is -2.37. The summed E-state index contributed by atoms with van der Waals surface area (Å²) in [7, 11) is 2.07. The van der Waals surface area contributed by atoms with Crippen LogP contribution in [0.2, 0.25) is 10.0 Å². The first-order valence-corrected chi connectivity index (χ1v) is 11.6. The Labute approximate surface area is 200 Å². The molecular weight excluding hydrogens is 465 g/mol. The molecule has 2 fully saturated rings. The molecule has 33 heavy (non-hydrogen) atoms. The van der Waals surface area contributed by atoms with Crippen molar-refractivity contribution in [2.24, 2.45) is 5.92 Å². The van der Waals surface area contributed by atoms with Crippen molar-refractivity contribution in [3.05, 3.63) is 44.4 Å². The van der Waals surface area contributed by atoms with Crippen LogP contribution in [0.25, 0.3) is 10.9 Å². The molecule has 1 atom stereocenters. The number of hydrogen-bond donors (Lipinski definition) is 3. The van der Waals surface area contributed by atoms with E-state index >= 15 is 0 Å². The normalized spacial score (nSPS) is 18.0. The summed E-state index contributed by atoms with van der Waals surface area (Å²) >= 11 is 12.8. The van der Waals surface area contributed by atoms with E-state index in [0.29, 0.717) is 40.7 Å². The third kappa shape index (κ3) is 4.14. The van der Waals surface area contributed by atoms with Gasteiger partial charge in [0, 0.05) is 26.2 Å². The minimum atomic E-state index is -0.327. The Kier molecular flexibility index (Phi) is 5.67. The Morgan fingerprint density at radius 3 is 2.52 bits per heavy atom. The number of likely N-dealkylation sites (N-methyl/N-ethyl adjacent to an activating group) is 1. The van der Waals surface area contributed by atoms with Gasteiger partial charge in [-0.05, 0) is 37.9 Å². The van der Waals surface area contributed by atoms with Crippen LogP contribution in [0.1, 0.15) is 24.7 Å². The molecule has 12 heteroatoms. The average molecular weight is 490 g/mol. The zero-order valence-electron chi connectivity index (χ0n) is 18.1. The van der Waals surface area contributed by atoms with Crippen LogP contribution in [0.5, 0.6) is 0 Å². The second-order valence-electron chi connectivity index (χ2n) is 8.57. The molecule has 2 aromatic heterocycles. The monoisotopic (exact) mass is 489 g/mol. The van der Waals surface area contributed by atoms with E-state index in [1.54, 1.807) is 22.9 Å². The van der Waals surface area contributed by atoms with Crippen LogP contribution in [0.4, 0.5) is 17.6 Å². The number of nitrogens with one attached hydrogen (secondary N) is 1. The molecule has 1 saturated heterocycles. The Balaban J connectivity index is 1.68. The highest BCUT2D eigenvalue weighted by Gasteiger charge is 2.38. The Hall–Kier alpha value is -2.82. The number of nitrogens with zero attached hydrogens (tertiary/aromatic N) is 6. The topological polar surface area (TPSA) is 131 Å². The van der Waals surface area contributed by atoms with Crippen molar-refractivity contribution in [3.63, 3.8) is 0 Å². The average Bonchev–Trinajstić information content (AvgIpc) is 3.61. The molecule has 3 aromatic rings. The van der Waals surface area contributed by atoms with Crippen molar-refractivity contribution in [2.75, 3.05) is 55.0 Å². The molecule has 10 nitrogen and oxygen atoms in total. The fourth-order valence-electron chi connectivity index (χ4n) is 4.22. The van der Waals surface area contributed by atoms with Gasteiger partial charge < -0.3 is 26.7 Å². The molecule has 0 amide bonds. The highest BCUT2D eigenvalue weighted by atomic mass is 35.5. The summed E-state index contributed by atoms with van der Waals surface area (Å²) in [5.41, 5.74) is 12.1. The molecule has 1 aromatic carbocycles. The number of anilines is 3. The Bertz CT molecular complexity index is 1270. The fraction of sp³-hybridized carbons (Fsp3) is 0.429. The minimum absolute atomic E-state index is 0.0173. The smallest absolute Gasteiger partial charge is 0.281 e. The lowest BCUT2D eigenvalue weighted by atomic mass is 10.1. The van der Waals surface area contributed by atoms with E-state index < -0.39 is 0 Å². The van der Waals surface area contributed by atoms with Gasteiger partial charge in [0.2, 0.25) is 5.95 Å². The van der Waals surface area contributed by atoms with Gasteiger partial charge in [0.15, 0.2) is 11.6 Å². The summed E-state index contributed by atoms with van der Waals surface area (Å²) in [5.74, 6) is 1.28. The van der Waals surface area contributed by atoms with Crippen LogP contribution in [0, 0.1) is 5.92 Å². The third-order valence-electron chi connectivity index (χ3n) is 6.17. The number of nitrogen functional groups attached to an aromatic ring is 2. The van der Waals surface area contributed by atoms with Gasteiger partial charge in [0.25, 0.3) is 5.56 Å². The summed E-state index contributed by atoms with van der Waals surface area (Å²) in [6.07, 6.45) is 1.97. The van der Waals surface area contributed by atoms with E-state index in [1.807, 2.05) is 5.01 Å². The van der Waals surface area contributed by atoms with E-state index in [0.717, 1.165) is 25.9 Å². The van der Waals surface area contributed by atoms with Crippen molar-refractivity contribution in [2.45, 2.75) is 18.9 Å². The second-order valence-corrected chi connectivity index (χ2v) is 9.35. The van der Waals surface area contributed by atoms with Gasteiger partial charge in [0.05, 0.1) is 22.0 Å². The van der Waals surface area contributed by atoms with Crippen LogP contribution in [0.3, 0.4) is 0 Å². The van der Waals surface area contributed by atoms with E-state index in [-0.39, 0.29) is 34.3 Å². The number of aromatic nitrogens is 4. The van der Waals surface area contributed by atoms with Crippen molar-refractivity contribution in [3.8, 4) is 0 Å². The maximum atomic E-state index is 13.8. The van der Waals surface area contributed by atoms with Crippen molar-refractivity contribution in [1.29, 1.82) is 0 Å². The molecule has 1 aliphatic carbocycles. The molecule has 174 valence electrons. The molecule has 0 spiro atoms. The largest absolute Gasteiger partial charge is 0.382 e. The summed E-state index contributed by atoms with van der Waals surface area (Å²) in [5, 5.41) is 6.38. The summed E-state index contributed by atoms with van der Waals surface area (Å²) in [6, 6.07) is 4.98. The van der Waals surface area contributed by atoms with Crippen molar-refractivity contribution < 1.29 is 0 Å². The van der Waals surface area contributed by atoms with Crippen molar-refractivity contribution >= 4 is 51.7 Å². The summed E-state index contributed by atoms with van der Waals surface area (Å²) < 4.78 is 1.68. The number of nitrogens with two attached hydrogens (primary N) is 2. The number of halogens is 2. The lowest BCUT2D eigenvalue weighted by molar-refractivity contribution is 0.281. The van der Waals surface area contributed by atoms with E-state index in [4.69, 9.17) is 39.7 Å². The Morgan fingerprint density at radius 1 is 1.09 bits per heavy atom. The molecule has 1 saturated carbocycles. The standard InChI is InChI=1S/C21H25Cl2N9O/c1-30-7-9-31(10-8-30)32-19(26-13-4-2-3-12(22)14(13)20(32)33)16(11-5-6-11)27-18-15(23)17(24)28-21(25)29-18/h2-4,11,16H,5-10H2,1H3,(H5,24,25,27,28,29). The van der Waals surface area contributed by atoms with E-state index in [9.17, 15) is 4.79 Å². The number of benzene rings is 1. The maximum absolute atomic E-state index is 13.8. The first-order chi connectivity index (χ1) is 15.8. The molecule has 1 unspecified atom stereocenters. The number of hydrogen-bond acceptors (Lipinski definition) is 9.